The van der Waals surface area contributed by atoms with Gasteiger partial charge < -0.3 is 5.32 Å². The first-order valence-corrected chi connectivity index (χ1v) is 12.1. The first kappa shape index (κ1) is 22.9. The van der Waals surface area contributed by atoms with Gasteiger partial charge in [0, 0.05) is 23.5 Å². The van der Waals surface area contributed by atoms with Crippen molar-refractivity contribution in [2.24, 2.45) is 0 Å². The van der Waals surface area contributed by atoms with Crippen LogP contribution >= 0.6 is 11.9 Å². The molecule has 0 aliphatic rings. The highest BCUT2D eigenvalue weighted by molar-refractivity contribution is 7.98. The molecule has 0 saturated heterocycles. The number of nitrogens with zero attached hydrogens (tertiary/aromatic N) is 2. The van der Waals surface area contributed by atoms with Crippen LogP contribution in [0.2, 0.25) is 0 Å². The smallest absolute Gasteiger partial charge is 0.325 e. The molecule has 33 heavy (non-hydrogen) atoms. The Balaban J connectivity index is 1.37. The SMILES string of the molecule is CCc1nc2cc(C)cc(C)c2n1-c1ccc(CCNC(=O)NSc2ccc(C)cc2)cc1. The fourth-order valence-electron chi connectivity index (χ4n) is 4.03. The number of hydrogen-bond acceptors (Lipinski definition) is 3. The van der Waals surface area contributed by atoms with Crippen molar-refractivity contribution in [3.8, 4) is 5.69 Å². The number of carbonyl (C=O) groups excluding carboxylic acids is 1. The van der Waals surface area contributed by atoms with Gasteiger partial charge in [-0.15, -0.1) is 0 Å². The Kier molecular flexibility index (Phi) is 7.04. The third-order valence-electron chi connectivity index (χ3n) is 5.65. The Labute approximate surface area is 199 Å². The van der Waals surface area contributed by atoms with E-state index in [-0.39, 0.29) is 6.03 Å². The number of rotatable bonds is 7. The number of urea groups is 1. The van der Waals surface area contributed by atoms with Crippen molar-refractivity contribution in [1.82, 2.24) is 19.6 Å². The van der Waals surface area contributed by atoms with Crippen LogP contribution in [-0.4, -0.2) is 22.1 Å². The molecule has 0 radical (unpaired) electrons. The summed E-state index contributed by atoms with van der Waals surface area (Å²) in [6.07, 6.45) is 1.64. The molecule has 0 aliphatic carbocycles. The van der Waals surface area contributed by atoms with E-state index in [2.05, 4.69) is 71.8 Å². The van der Waals surface area contributed by atoms with E-state index < -0.39 is 0 Å². The minimum Gasteiger partial charge on any atom is -0.337 e. The van der Waals surface area contributed by atoms with Gasteiger partial charge in [0.25, 0.3) is 0 Å². The molecule has 6 heteroatoms. The van der Waals surface area contributed by atoms with Crippen LogP contribution in [0.3, 0.4) is 0 Å². The maximum Gasteiger partial charge on any atom is 0.325 e. The summed E-state index contributed by atoms with van der Waals surface area (Å²) in [6.45, 7) is 9.02. The van der Waals surface area contributed by atoms with Crippen molar-refractivity contribution >= 4 is 29.0 Å². The molecule has 5 nitrogen and oxygen atoms in total. The lowest BCUT2D eigenvalue weighted by molar-refractivity contribution is 0.246. The molecule has 2 N–H and O–H groups in total. The molecule has 1 aromatic heterocycles. The summed E-state index contributed by atoms with van der Waals surface area (Å²) in [7, 11) is 0. The van der Waals surface area contributed by atoms with Crippen molar-refractivity contribution in [1.29, 1.82) is 0 Å². The number of aryl methyl sites for hydroxylation is 4. The van der Waals surface area contributed by atoms with Gasteiger partial charge in [0.15, 0.2) is 0 Å². The van der Waals surface area contributed by atoms with Crippen LogP contribution in [0.5, 0.6) is 0 Å². The molecule has 1 heterocycles. The standard InChI is InChI=1S/C27H30N4OS/c1-5-25-29-24-17-19(3)16-20(4)26(24)31(25)22-10-8-21(9-11-22)14-15-28-27(32)30-33-23-12-6-18(2)7-13-23/h6-13,16-17H,5,14-15H2,1-4H3,(H2,28,30,32). The number of amides is 2. The Bertz CT molecular complexity index is 1260. The molecule has 4 aromatic rings. The van der Waals surface area contributed by atoms with Gasteiger partial charge >= 0.3 is 6.03 Å². The van der Waals surface area contributed by atoms with E-state index in [0.717, 1.165) is 34.8 Å². The summed E-state index contributed by atoms with van der Waals surface area (Å²) in [5.41, 5.74) is 8.19. The van der Waals surface area contributed by atoms with Gasteiger partial charge in [-0.2, -0.15) is 0 Å². The largest absolute Gasteiger partial charge is 0.337 e. The highest BCUT2D eigenvalue weighted by Gasteiger charge is 2.14. The van der Waals surface area contributed by atoms with E-state index in [0.29, 0.717) is 6.54 Å². The van der Waals surface area contributed by atoms with E-state index in [1.807, 2.05) is 31.2 Å². The molecule has 0 atom stereocenters. The monoisotopic (exact) mass is 458 g/mol. The second-order valence-electron chi connectivity index (χ2n) is 8.36. The lowest BCUT2D eigenvalue weighted by Crippen LogP contribution is -2.32. The van der Waals surface area contributed by atoms with Crippen molar-refractivity contribution < 1.29 is 4.79 Å². The number of fused-ring (bicyclic) bond motifs is 1. The Morgan fingerprint density at radius 3 is 2.39 bits per heavy atom. The maximum absolute atomic E-state index is 12.1. The van der Waals surface area contributed by atoms with Crippen LogP contribution in [0.4, 0.5) is 4.79 Å². The second kappa shape index (κ2) is 10.1. The summed E-state index contributed by atoms with van der Waals surface area (Å²) in [5.74, 6) is 1.07. The van der Waals surface area contributed by atoms with Crippen LogP contribution in [0.1, 0.15) is 35.0 Å². The molecule has 4 rings (SSSR count). The third-order valence-corrected chi connectivity index (χ3v) is 6.44. The lowest BCUT2D eigenvalue weighted by atomic mass is 10.1. The van der Waals surface area contributed by atoms with E-state index in [4.69, 9.17) is 4.98 Å². The predicted octanol–water partition coefficient (Wildman–Crippen LogP) is 6.06. The number of hydrogen-bond donors (Lipinski definition) is 2. The zero-order chi connectivity index (χ0) is 23.4. The predicted molar refractivity (Wildman–Crippen MR) is 137 cm³/mol. The molecule has 0 aliphatic heterocycles. The summed E-state index contributed by atoms with van der Waals surface area (Å²) >= 11 is 1.32. The number of benzene rings is 3. The van der Waals surface area contributed by atoms with Gasteiger partial charge in [-0.3, -0.25) is 9.29 Å². The van der Waals surface area contributed by atoms with Crippen LogP contribution in [0, 0.1) is 20.8 Å². The first-order chi connectivity index (χ1) is 15.9. The van der Waals surface area contributed by atoms with Crippen LogP contribution in [0.15, 0.2) is 65.6 Å². The van der Waals surface area contributed by atoms with Gasteiger partial charge in [0.05, 0.1) is 11.0 Å². The molecular formula is C27H30N4OS. The average Bonchev–Trinajstić information content (AvgIpc) is 3.18. The second-order valence-corrected chi connectivity index (χ2v) is 9.24. The number of nitrogens with one attached hydrogen (secondary N) is 2. The molecule has 0 saturated carbocycles. The summed E-state index contributed by atoms with van der Waals surface area (Å²) < 4.78 is 5.09. The minimum absolute atomic E-state index is 0.180. The highest BCUT2D eigenvalue weighted by atomic mass is 32.2. The van der Waals surface area contributed by atoms with Gasteiger partial charge in [-0.25, -0.2) is 9.78 Å². The quantitative estimate of drug-likeness (QED) is 0.331. The average molecular weight is 459 g/mol. The van der Waals surface area contributed by atoms with E-state index in [9.17, 15) is 4.79 Å². The molecular weight excluding hydrogens is 428 g/mol. The minimum atomic E-state index is -0.180. The topological polar surface area (TPSA) is 59.0 Å². The zero-order valence-electron chi connectivity index (χ0n) is 19.6. The molecule has 0 unspecified atom stereocenters. The van der Waals surface area contributed by atoms with Crippen molar-refractivity contribution in [2.75, 3.05) is 6.54 Å². The summed E-state index contributed by atoms with van der Waals surface area (Å²) in [5, 5.41) is 2.92. The van der Waals surface area contributed by atoms with Crippen molar-refractivity contribution in [3.05, 3.63) is 88.7 Å². The molecule has 170 valence electrons. The van der Waals surface area contributed by atoms with Crippen LogP contribution in [-0.2, 0) is 12.8 Å². The third kappa shape index (κ3) is 5.40. The molecule has 0 fully saturated rings. The molecule has 2 amide bonds. The summed E-state index contributed by atoms with van der Waals surface area (Å²) in [6, 6.07) is 20.8. The first-order valence-electron chi connectivity index (χ1n) is 11.3. The summed E-state index contributed by atoms with van der Waals surface area (Å²) in [4.78, 5) is 18.0. The zero-order valence-corrected chi connectivity index (χ0v) is 20.4. The normalized spacial score (nSPS) is 11.0. The Hall–Kier alpha value is -3.25. The van der Waals surface area contributed by atoms with Gasteiger partial charge in [-0.1, -0.05) is 42.8 Å². The number of aromatic nitrogens is 2. The number of imidazole rings is 1. The highest BCUT2D eigenvalue weighted by Crippen LogP contribution is 2.26. The maximum atomic E-state index is 12.1. The van der Waals surface area contributed by atoms with Gasteiger partial charge in [0.1, 0.15) is 5.82 Å². The van der Waals surface area contributed by atoms with Crippen LogP contribution in [0.25, 0.3) is 16.7 Å². The van der Waals surface area contributed by atoms with Crippen molar-refractivity contribution in [3.63, 3.8) is 0 Å². The van der Waals surface area contributed by atoms with Crippen LogP contribution < -0.4 is 10.0 Å². The Morgan fingerprint density at radius 2 is 1.70 bits per heavy atom. The Morgan fingerprint density at radius 1 is 0.970 bits per heavy atom. The van der Waals surface area contributed by atoms with E-state index >= 15 is 0 Å². The molecule has 3 aromatic carbocycles. The fraction of sp³-hybridized carbons (Fsp3) is 0.259. The van der Waals surface area contributed by atoms with E-state index in [1.54, 1.807) is 0 Å². The van der Waals surface area contributed by atoms with E-state index in [1.165, 1.54) is 39.7 Å². The number of carbonyl (C=O) groups is 1. The molecule has 0 bridgehead atoms. The van der Waals surface area contributed by atoms with Crippen molar-refractivity contribution in [2.45, 2.75) is 45.4 Å². The fourth-order valence-corrected chi connectivity index (χ4v) is 4.58. The van der Waals surface area contributed by atoms with Gasteiger partial charge in [0.2, 0.25) is 0 Å². The lowest BCUT2D eigenvalue weighted by Gasteiger charge is -2.11. The molecule has 0 spiro atoms. The van der Waals surface area contributed by atoms with Gasteiger partial charge in [-0.05, 0) is 86.2 Å².